The van der Waals surface area contributed by atoms with Crippen LogP contribution < -0.4 is 4.74 Å². The van der Waals surface area contributed by atoms with E-state index in [2.05, 4.69) is 6.07 Å². The molecule has 1 N–H and O–H groups in total. The minimum atomic E-state index is -0.335. The summed E-state index contributed by atoms with van der Waals surface area (Å²) in [6.45, 7) is 0.380. The quantitative estimate of drug-likeness (QED) is 0.927. The molecule has 0 bridgehead atoms. The molecule has 1 atom stereocenters. The Labute approximate surface area is 118 Å². The molecule has 0 fully saturated rings. The van der Waals surface area contributed by atoms with Crippen molar-refractivity contribution in [2.75, 3.05) is 0 Å². The standard InChI is InChI=1S/C17H15NO2/c18-10-13-3-1-2-4-14(13)11-20-15-6-7-16-12(9-15)5-8-17(16)19/h1-4,6-7,9,17,19H,5,8,11H2/t17-/m1/s1. The first-order valence-corrected chi connectivity index (χ1v) is 6.69. The topological polar surface area (TPSA) is 53.2 Å². The van der Waals surface area contributed by atoms with Gasteiger partial charge in [-0.1, -0.05) is 24.3 Å². The van der Waals surface area contributed by atoms with Crippen LogP contribution in [-0.4, -0.2) is 5.11 Å². The first-order valence-electron chi connectivity index (χ1n) is 6.69. The highest BCUT2D eigenvalue weighted by Crippen LogP contribution is 2.33. The molecule has 3 heteroatoms. The summed E-state index contributed by atoms with van der Waals surface area (Å²) < 4.78 is 5.76. The Morgan fingerprint density at radius 2 is 2.10 bits per heavy atom. The van der Waals surface area contributed by atoms with E-state index in [1.54, 1.807) is 6.07 Å². The summed E-state index contributed by atoms with van der Waals surface area (Å²) in [4.78, 5) is 0. The number of nitriles is 1. The Balaban J connectivity index is 1.75. The molecule has 20 heavy (non-hydrogen) atoms. The van der Waals surface area contributed by atoms with Crippen LogP contribution in [0, 0.1) is 11.3 Å². The predicted molar refractivity (Wildman–Crippen MR) is 75.2 cm³/mol. The van der Waals surface area contributed by atoms with E-state index < -0.39 is 0 Å². The number of nitrogens with zero attached hydrogens (tertiary/aromatic N) is 1. The van der Waals surface area contributed by atoms with Crippen LogP contribution >= 0.6 is 0 Å². The number of aliphatic hydroxyl groups is 1. The molecule has 0 saturated heterocycles. The zero-order valence-electron chi connectivity index (χ0n) is 11.0. The van der Waals surface area contributed by atoms with Crippen molar-refractivity contribution in [1.29, 1.82) is 5.26 Å². The third-order valence-electron chi connectivity index (χ3n) is 3.69. The highest BCUT2D eigenvalue weighted by atomic mass is 16.5. The number of rotatable bonds is 3. The van der Waals surface area contributed by atoms with Crippen molar-refractivity contribution < 1.29 is 9.84 Å². The molecule has 1 aliphatic carbocycles. The first-order chi connectivity index (χ1) is 9.78. The average molecular weight is 265 g/mol. The van der Waals surface area contributed by atoms with E-state index in [1.165, 1.54) is 0 Å². The summed E-state index contributed by atoms with van der Waals surface area (Å²) in [5.74, 6) is 0.783. The van der Waals surface area contributed by atoms with Gasteiger partial charge in [0.25, 0.3) is 0 Å². The van der Waals surface area contributed by atoms with Crippen LogP contribution in [0.3, 0.4) is 0 Å². The molecule has 2 aromatic rings. The summed E-state index contributed by atoms with van der Waals surface area (Å²) in [6, 6.07) is 15.4. The molecule has 100 valence electrons. The van der Waals surface area contributed by atoms with Gasteiger partial charge in [-0.15, -0.1) is 0 Å². The van der Waals surface area contributed by atoms with E-state index >= 15 is 0 Å². The lowest BCUT2D eigenvalue weighted by molar-refractivity contribution is 0.180. The van der Waals surface area contributed by atoms with E-state index in [1.807, 2.05) is 36.4 Å². The average Bonchev–Trinajstić information content (AvgIpc) is 2.86. The normalized spacial score (nSPS) is 16.5. The third-order valence-corrected chi connectivity index (χ3v) is 3.69. The second-order valence-corrected chi connectivity index (χ2v) is 4.97. The largest absolute Gasteiger partial charge is 0.489 e. The van der Waals surface area contributed by atoms with E-state index in [0.717, 1.165) is 35.3 Å². The van der Waals surface area contributed by atoms with Gasteiger partial charge in [-0.25, -0.2) is 0 Å². The zero-order chi connectivity index (χ0) is 13.9. The van der Waals surface area contributed by atoms with Gasteiger partial charge in [-0.05, 0) is 42.2 Å². The summed E-state index contributed by atoms with van der Waals surface area (Å²) in [6.07, 6.45) is 1.34. The Bertz CT molecular complexity index is 673. The molecule has 1 aliphatic rings. The van der Waals surface area contributed by atoms with E-state index in [0.29, 0.717) is 12.2 Å². The molecule has 0 saturated carbocycles. The maximum absolute atomic E-state index is 9.77. The maximum Gasteiger partial charge on any atom is 0.120 e. The molecule has 0 aliphatic heterocycles. The third kappa shape index (κ3) is 2.38. The number of ether oxygens (including phenoxy) is 1. The van der Waals surface area contributed by atoms with Gasteiger partial charge in [-0.3, -0.25) is 0 Å². The minimum absolute atomic E-state index is 0.335. The molecular weight excluding hydrogens is 250 g/mol. The molecule has 3 nitrogen and oxygen atoms in total. The molecule has 2 aromatic carbocycles. The molecular formula is C17H15NO2. The van der Waals surface area contributed by atoms with Gasteiger partial charge in [0.05, 0.1) is 17.7 Å². The van der Waals surface area contributed by atoms with E-state index in [4.69, 9.17) is 10.00 Å². The maximum atomic E-state index is 9.77. The lowest BCUT2D eigenvalue weighted by atomic mass is 10.1. The second kappa shape index (κ2) is 5.36. The van der Waals surface area contributed by atoms with Crippen LogP contribution in [0.4, 0.5) is 0 Å². The van der Waals surface area contributed by atoms with Gasteiger partial charge in [0.1, 0.15) is 12.4 Å². The van der Waals surface area contributed by atoms with Gasteiger partial charge < -0.3 is 9.84 Å². The number of fused-ring (bicyclic) bond motifs is 1. The monoisotopic (exact) mass is 265 g/mol. The van der Waals surface area contributed by atoms with Crippen LogP contribution in [0.2, 0.25) is 0 Å². The smallest absolute Gasteiger partial charge is 0.120 e. The fourth-order valence-corrected chi connectivity index (χ4v) is 2.58. The Morgan fingerprint density at radius 1 is 1.25 bits per heavy atom. The first kappa shape index (κ1) is 12.7. The van der Waals surface area contributed by atoms with E-state index in [-0.39, 0.29) is 6.10 Å². The van der Waals surface area contributed by atoms with Crippen LogP contribution in [0.1, 0.15) is 34.8 Å². The number of aliphatic hydroxyl groups excluding tert-OH is 1. The minimum Gasteiger partial charge on any atom is -0.489 e. The number of hydrogen-bond acceptors (Lipinski definition) is 3. The van der Waals surface area contributed by atoms with Crippen LogP contribution in [0.15, 0.2) is 42.5 Å². The van der Waals surface area contributed by atoms with Crippen molar-refractivity contribution in [3.05, 3.63) is 64.7 Å². The highest BCUT2D eigenvalue weighted by Gasteiger charge is 2.20. The molecule has 0 unspecified atom stereocenters. The van der Waals surface area contributed by atoms with Gasteiger partial charge >= 0.3 is 0 Å². The van der Waals surface area contributed by atoms with Crippen molar-refractivity contribution in [1.82, 2.24) is 0 Å². The Kier molecular flexibility index (Phi) is 3.41. The molecule has 0 radical (unpaired) electrons. The van der Waals surface area contributed by atoms with Crippen molar-refractivity contribution in [2.45, 2.75) is 25.6 Å². The lowest BCUT2D eigenvalue weighted by Gasteiger charge is -2.10. The zero-order valence-corrected chi connectivity index (χ0v) is 11.0. The Morgan fingerprint density at radius 3 is 2.95 bits per heavy atom. The number of benzene rings is 2. The highest BCUT2D eigenvalue weighted by molar-refractivity contribution is 5.41. The summed E-state index contributed by atoms with van der Waals surface area (Å²) in [7, 11) is 0. The van der Waals surface area contributed by atoms with Gasteiger partial charge in [0, 0.05) is 5.56 Å². The summed E-state index contributed by atoms with van der Waals surface area (Å²) in [5.41, 5.74) is 3.69. The summed E-state index contributed by atoms with van der Waals surface area (Å²) in [5, 5.41) is 18.8. The van der Waals surface area contributed by atoms with Crippen molar-refractivity contribution >= 4 is 0 Å². The summed E-state index contributed by atoms with van der Waals surface area (Å²) >= 11 is 0. The predicted octanol–water partition coefficient (Wildman–Crippen LogP) is 3.12. The SMILES string of the molecule is N#Cc1ccccc1COc1ccc2c(c1)CC[C@H]2O. The van der Waals surface area contributed by atoms with E-state index in [9.17, 15) is 5.11 Å². The van der Waals surface area contributed by atoms with Crippen LogP contribution in [-0.2, 0) is 13.0 Å². The van der Waals surface area contributed by atoms with Gasteiger partial charge in [0.2, 0.25) is 0 Å². The molecule has 0 amide bonds. The molecule has 3 rings (SSSR count). The molecule has 0 aromatic heterocycles. The van der Waals surface area contributed by atoms with Gasteiger partial charge in [-0.2, -0.15) is 5.26 Å². The van der Waals surface area contributed by atoms with Crippen molar-refractivity contribution in [2.24, 2.45) is 0 Å². The van der Waals surface area contributed by atoms with Crippen LogP contribution in [0.5, 0.6) is 5.75 Å². The molecule has 0 heterocycles. The fraction of sp³-hybridized carbons (Fsp3) is 0.235. The fourth-order valence-electron chi connectivity index (χ4n) is 2.58. The molecule has 0 spiro atoms. The number of aryl methyl sites for hydroxylation is 1. The second-order valence-electron chi connectivity index (χ2n) is 4.97. The van der Waals surface area contributed by atoms with Gasteiger partial charge in [0.15, 0.2) is 0 Å². The van der Waals surface area contributed by atoms with Crippen molar-refractivity contribution in [3.8, 4) is 11.8 Å². The van der Waals surface area contributed by atoms with Crippen molar-refractivity contribution in [3.63, 3.8) is 0 Å². The van der Waals surface area contributed by atoms with Crippen LogP contribution in [0.25, 0.3) is 0 Å². The Hall–Kier alpha value is -2.31. The number of hydrogen-bond donors (Lipinski definition) is 1. The lowest BCUT2D eigenvalue weighted by Crippen LogP contribution is -1.99.